The number of rotatable bonds is 19. The maximum absolute atomic E-state index is 14.5. The molecule has 0 amide bonds. The van der Waals surface area contributed by atoms with Crippen molar-refractivity contribution in [1.82, 2.24) is 40.1 Å². The van der Waals surface area contributed by atoms with Crippen LogP contribution in [0.3, 0.4) is 0 Å². The zero-order valence-electron chi connectivity index (χ0n) is 35.4. The summed E-state index contributed by atoms with van der Waals surface area (Å²) in [5.74, 6) is -2.03. The molecule has 6 heterocycles. The van der Waals surface area contributed by atoms with Gasteiger partial charge in [0.2, 0.25) is 0 Å². The second kappa shape index (κ2) is 25.4. The van der Waals surface area contributed by atoms with Crippen LogP contribution in [-0.2, 0) is 60.7 Å². The van der Waals surface area contributed by atoms with Crippen molar-refractivity contribution in [1.29, 1.82) is 0 Å². The van der Waals surface area contributed by atoms with E-state index in [2.05, 4.69) is 67.3 Å². The van der Waals surface area contributed by atoms with Gasteiger partial charge in [-0.15, -0.1) is 23.5 Å². The Morgan fingerprint density at radius 2 is 1.26 bits per heavy atom. The quantitative estimate of drug-likeness (QED) is 0.0142. The minimum absolute atomic E-state index is 0. The van der Waals surface area contributed by atoms with Crippen LogP contribution < -0.4 is 5.10 Å². The first-order valence-electron chi connectivity index (χ1n) is 20.0. The molecule has 68 heavy (non-hydrogen) atoms. The van der Waals surface area contributed by atoms with Gasteiger partial charge >= 0.3 is 25.7 Å². The maximum Gasteiger partial charge on any atom is 2.00 e. The number of carbonyl (C=O) groups is 3. The predicted molar refractivity (Wildman–Crippen MR) is 236 cm³/mol. The summed E-state index contributed by atoms with van der Waals surface area (Å²) in [6.07, 6.45) is 12.1. The van der Waals surface area contributed by atoms with E-state index in [0.29, 0.717) is 64.8 Å². The number of aromatic nitrogens is 8. The van der Waals surface area contributed by atoms with Crippen LogP contribution in [0.25, 0.3) is 74.6 Å². The molecule has 0 atom stereocenters. The first-order valence-corrected chi connectivity index (χ1v) is 20.9. The van der Waals surface area contributed by atoms with Gasteiger partial charge in [-0.05, 0) is 107 Å². The van der Waals surface area contributed by atoms with E-state index in [1.165, 1.54) is 30.1 Å². The number of pyridine rings is 3. The van der Waals surface area contributed by atoms with Crippen molar-refractivity contribution in [3.8, 4) is 56.4 Å². The molecule has 0 saturated heterocycles. The van der Waals surface area contributed by atoms with Crippen LogP contribution in [0.5, 0.6) is 0 Å². The predicted octanol–water partition coefficient (Wildman–Crippen LogP) is 10.1. The summed E-state index contributed by atoms with van der Waals surface area (Å²) in [5.41, 5.74) is 3.69. The van der Waals surface area contributed by atoms with Crippen molar-refractivity contribution in [2.24, 2.45) is 0 Å². The second-order valence-corrected chi connectivity index (χ2v) is 14.7. The summed E-state index contributed by atoms with van der Waals surface area (Å²) in [5, 5.41) is 8.58. The molecule has 0 aliphatic heterocycles. The number of unbranched alkanes of at least 4 members (excludes halogenated alkanes) is 3. The minimum atomic E-state index is -4.69. The number of hydrogen-bond acceptors (Lipinski definition) is 14. The van der Waals surface area contributed by atoms with Gasteiger partial charge in [-0.2, -0.15) is 13.2 Å². The normalized spacial score (nSPS) is 11.3. The molecule has 14 nitrogen and oxygen atoms in total. The van der Waals surface area contributed by atoms with Crippen LogP contribution in [0, 0.1) is 17.7 Å². The molecule has 0 aliphatic rings. The average molecular weight is 1040 g/mol. The molecule has 348 valence electrons. The maximum atomic E-state index is 14.5. The van der Waals surface area contributed by atoms with E-state index in [-0.39, 0.29) is 48.2 Å². The van der Waals surface area contributed by atoms with Gasteiger partial charge in [-0.25, -0.2) is 9.97 Å². The number of benzene rings is 1. The van der Waals surface area contributed by atoms with E-state index in [9.17, 15) is 36.3 Å². The van der Waals surface area contributed by atoms with E-state index in [4.69, 9.17) is 0 Å². The number of halogens is 5. The number of carbonyl (C=O) groups excluding carboxylic acids is 3. The third-order valence-electron chi connectivity index (χ3n) is 9.15. The topological polar surface area (TPSA) is 183 Å². The summed E-state index contributed by atoms with van der Waals surface area (Å²) >= 11 is 1.36. The molecule has 21 heteroatoms. The second-order valence-electron chi connectivity index (χ2n) is 13.8. The van der Waals surface area contributed by atoms with Gasteiger partial charge in [0.1, 0.15) is 11.5 Å². The van der Waals surface area contributed by atoms with Crippen LogP contribution >= 0.6 is 11.3 Å². The fraction of sp³-hybridized carbons (Fsp3) is 0.149. The van der Waals surface area contributed by atoms with Crippen LogP contribution in [0.1, 0.15) is 60.6 Å². The molecular weight excluding hydrogens is 1000 g/mol. The molecule has 0 N–H and O–H groups in total. The largest absolute Gasteiger partial charge is 2.00 e. The molecule has 7 aromatic rings. The van der Waals surface area contributed by atoms with Gasteiger partial charge in [-0.3, -0.25) is 43.1 Å². The number of aryl methyl sites for hydroxylation is 1. The summed E-state index contributed by atoms with van der Waals surface area (Å²) in [7, 11) is 0. The van der Waals surface area contributed by atoms with Crippen LogP contribution in [0.15, 0.2) is 97.2 Å². The van der Waals surface area contributed by atoms with Gasteiger partial charge < -0.3 is 24.4 Å². The third kappa shape index (κ3) is 14.5. The van der Waals surface area contributed by atoms with Gasteiger partial charge in [0.15, 0.2) is 5.82 Å². The Balaban J connectivity index is 0.000000251. The first-order chi connectivity index (χ1) is 32.5. The molecule has 7 rings (SSSR count). The molecule has 0 spiro atoms. The Morgan fingerprint density at radius 3 is 1.82 bits per heavy atom. The third-order valence-corrected chi connectivity index (χ3v) is 10.1. The van der Waals surface area contributed by atoms with Crippen molar-refractivity contribution >= 4 is 49.0 Å². The fourth-order valence-corrected chi connectivity index (χ4v) is 6.96. The van der Waals surface area contributed by atoms with Gasteiger partial charge in [0.05, 0.1) is 52.3 Å². The van der Waals surface area contributed by atoms with Crippen LogP contribution in [0.2, 0.25) is 0 Å². The zero-order valence-corrected chi connectivity index (χ0v) is 38.0. The van der Waals surface area contributed by atoms with E-state index in [1.807, 2.05) is 11.4 Å². The SMILES string of the molecule is CCCCCCc1ccsc1-c1nc(-c2cc(C(F)(F)F)n[n-]2)nc(-c2[c-]cc(F)cc2F)n1.O=CO/C=C/c1ccnc(-c2cc(/C=C/OC=O)cc(-c3cc(/C=C/OC=O)ccn3)n2)c1.[Ru+2]. The fourth-order valence-electron chi connectivity index (χ4n) is 6.08. The molecule has 0 fully saturated rings. The van der Waals surface area contributed by atoms with Crippen molar-refractivity contribution in [3.63, 3.8) is 0 Å². The van der Waals surface area contributed by atoms with Crippen molar-refractivity contribution in [3.05, 3.63) is 143 Å². The smallest absolute Gasteiger partial charge is 0.572 e. The zero-order chi connectivity index (χ0) is 47.6. The Bertz CT molecular complexity index is 2830. The summed E-state index contributed by atoms with van der Waals surface area (Å²) in [6.45, 7) is 3.08. The Hall–Kier alpha value is -7.51. The average Bonchev–Trinajstić information content (AvgIpc) is 4.03. The monoisotopic (exact) mass is 1040 g/mol. The van der Waals surface area contributed by atoms with Gasteiger partial charge in [0, 0.05) is 24.0 Å². The molecule has 0 bridgehead atoms. The minimum Gasteiger partial charge on any atom is -0.572 e. The van der Waals surface area contributed by atoms with Crippen molar-refractivity contribution in [2.45, 2.75) is 45.2 Å². The molecule has 6 aromatic heterocycles. The Morgan fingerprint density at radius 1 is 0.691 bits per heavy atom. The van der Waals surface area contributed by atoms with E-state index in [0.717, 1.165) is 54.9 Å². The summed E-state index contributed by atoms with van der Waals surface area (Å²) in [4.78, 5) is 58.1. The summed E-state index contributed by atoms with van der Waals surface area (Å²) < 4.78 is 80.8. The van der Waals surface area contributed by atoms with E-state index >= 15 is 0 Å². The molecule has 0 aliphatic carbocycles. The van der Waals surface area contributed by atoms with Crippen molar-refractivity contribution < 1.29 is 70.0 Å². The van der Waals surface area contributed by atoms with Gasteiger partial charge in [-0.1, -0.05) is 43.5 Å². The van der Waals surface area contributed by atoms with Crippen molar-refractivity contribution in [2.75, 3.05) is 0 Å². The van der Waals surface area contributed by atoms with E-state index in [1.54, 1.807) is 67.0 Å². The Labute approximate surface area is 401 Å². The molecule has 0 radical (unpaired) electrons. The standard InChI is InChI=1S/C24H17N3O6.C23H18F5N5S.Ru/c28-15-31-8-3-18-1-6-25-21(11-18)23-13-20(5-10-33-17-30)14-24(27-23)22-12-19(2-7-26-22)4-9-32-16-29;1-2-3-4-5-6-13-9-10-34-19(13)22-30-20(15-8-7-14(24)11-16(15)25)29-21(31-22)17-12-18(33-32-17)23(26,27)28;/h1-17H;7,9-12H,2-6H2,1H3;/q;-2;+2/b8-3+,9-4+,10-5+;;. The number of hydrogen-bond donors (Lipinski definition) is 0. The van der Waals surface area contributed by atoms with Gasteiger partial charge in [0.25, 0.3) is 19.4 Å². The molecular formula is C47H35F5N8O6RuS. The van der Waals surface area contributed by atoms with Crippen LogP contribution in [0.4, 0.5) is 22.0 Å². The Kier molecular flexibility index (Phi) is 19.2. The number of ether oxygens (including phenoxy) is 3. The molecule has 0 saturated carbocycles. The molecule has 0 unspecified atom stereocenters. The number of nitrogens with zero attached hydrogens (tertiary/aromatic N) is 8. The number of alkyl halides is 3. The first kappa shape index (κ1) is 51.5. The molecule has 1 aromatic carbocycles. The van der Waals surface area contributed by atoms with Crippen LogP contribution in [-0.4, -0.2) is 54.4 Å². The number of thiophene rings is 1. The summed E-state index contributed by atoms with van der Waals surface area (Å²) in [6, 6.07) is 17.3. The van der Waals surface area contributed by atoms with E-state index < -0.39 is 23.5 Å².